The van der Waals surface area contributed by atoms with Gasteiger partial charge in [0.25, 0.3) is 0 Å². The van der Waals surface area contributed by atoms with E-state index in [0.29, 0.717) is 23.0 Å². The highest BCUT2D eigenvalue weighted by atomic mass is 19.1. The van der Waals surface area contributed by atoms with Crippen molar-refractivity contribution < 1.29 is 9.18 Å². The van der Waals surface area contributed by atoms with Gasteiger partial charge in [0.15, 0.2) is 5.82 Å². The van der Waals surface area contributed by atoms with E-state index in [9.17, 15) is 9.18 Å². The van der Waals surface area contributed by atoms with Gasteiger partial charge in [-0.15, -0.1) is 0 Å². The highest BCUT2D eigenvalue weighted by Gasteiger charge is 2.25. The van der Waals surface area contributed by atoms with Crippen molar-refractivity contribution >= 4 is 22.8 Å². The molecule has 106 valence electrons. The Hall–Kier alpha value is -1.98. The summed E-state index contributed by atoms with van der Waals surface area (Å²) in [5, 5.41) is 2.54. The molecule has 6 heteroatoms. The molecule has 2 atom stereocenters. The van der Waals surface area contributed by atoms with E-state index in [1.54, 1.807) is 6.33 Å². The zero-order valence-electron chi connectivity index (χ0n) is 11.6. The van der Waals surface area contributed by atoms with Crippen molar-refractivity contribution in [1.29, 1.82) is 0 Å². The second-order valence-electron chi connectivity index (χ2n) is 5.57. The molecule has 1 unspecified atom stereocenters. The smallest absolute Gasteiger partial charge is 0.222 e. The Kier molecular flexibility index (Phi) is 3.16. The molecule has 2 aromatic heterocycles. The van der Waals surface area contributed by atoms with Gasteiger partial charge in [0.05, 0.1) is 11.8 Å². The number of hydrogen-bond acceptors (Lipinski definition) is 3. The van der Waals surface area contributed by atoms with E-state index in [0.717, 1.165) is 12.8 Å². The van der Waals surface area contributed by atoms with Crippen LogP contribution in [0.2, 0.25) is 0 Å². The Balaban J connectivity index is 2.07. The molecule has 0 spiro atoms. The van der Waals surface area contributed by atoms with Gasteiger partial charge in [-0.3, -0.25) is 4.79 Å². The van der Waals surface area contributed by atoms with E-state index in [-0.39, 0.29) is 11.7 Å². The Morgan fingerprint density at radius 1 is 1.50 bits per heavy atom. The van der Waals surface area contributed by atoms with E-state index in [2.05, 4.69) is 22.2 Å². The van der Waals surface area contributed by atoms with Crippen LogP contribution in [-0.4, -0.2) is 20.4 Å². The Bertz CT molecular complexity index is 666. The second-order valence-corrected chi connectivity index (χ2v) is 5.57. The van der Waals surface area contributed by atoms with Crippen LogP contribution < -0.4 is 5.32 Å². The minimum Gasteiger partial charge on any atom is -0.327 e. The van der Waals surface area contributed by atoms with Gasteiger partial charge in [-0.1, -0.05) is 6.92 Å². The van der Waals surface area contributed by atoms with Crippen molar-refractivity contribution in [2.75, 3.05) is 5.32 Å². The van der Waals surface area contributed by atoms with Crippen molar-refractivity contribution in [3.8, 4) is 0 Å². The number of imidazole rings is 1. The summed E-state index contributed by atoms with van der Waals surface area (Å²) in [6, 6.07) is 1.73. The van der Waals surface area contributed by atoms with Crippen LogP contribution in [0.1, 0.15) is 39.2 Å². The number of fused-ring (bicyclic) bond motifs is 1. The van der Waals surface area contributed by atoms with Gasteiger partial charge in [0.1, 0.15) is 5.52 Å². The molecule has 3 rings (SSSR count). The number of aromatic nitrogens is 3. The molecule has 20 heavy (non-hydrogen) atoms. The van der Waals surface area contributed by atoms with Gasteiger partial charge in [0.2, 0.25) is 11.9 Å². The molecule has 1 fully saturated rings. The van der Waals surface area contributed by atoms with Crippen LogP contribution >= 0.6 is 0 Å². The van der Waals surface area contributed by atoms with Crippen LogP contribution in [0.5, 0.6) is 0 Å². The number of hydrogen-bond donors (Lipinski definition) is 1. The molecule has 0 aromatic carbocycles. The lowest BCUT2D eigenvalue weighted by molar-refractivity contribution is -0.114. The number of halogens is 1. The van der Waals surface area contributed by atoms with Crippen LogP contribution in [0.25, 0.3) is 11.0 Å². The zero-order valence-corrected chi connectivity index (χ0v) is 11.6. The number of carbonyl (C=O) groups excluding carboxylic acids is 1. The van der Waals surface area contributed by atoms with Crippen LogP contribution in [0.15, 0.2) is 12.4 Å². The van der Waals surface area contributed by atoms with Crippen molar-refractivity contribution in [1.82, 2.24) is 14.5 Å². The summed E-state index contributed by atoms with van der Waals surface area (Å²) in [6.45, 7) is 3.60. The summed E-state index contributed by atoms with van der Waals surface area (Å²) in [4.78, 5) is 19.2. The Labute approximate surface area is 116 Å². The predicted octanol–water partition coefficient (Wildman–Crippen LogP) is 2.89. The Morgan fingerprint density at radius 3 is 2.95 bits per heavy atom. The van der Waals surface area contributed by atoms with Gasteiger partial charge >= 0.3 is 0 Å². The van der Waals surface area contributed by atoms with E-state index >= 15 is 0 Å². The van der Waals surface area contributed by atoms with Crippen LogP contribution in [0, 0.1) is 11.9 Å². The molecule has 1 amide bonds. The van der Waals surface area contributed by atoms with Crippen molar-refractivity contribution in [3.63, 3.8) is 0 Å². The minimum atomic E-state index is -0.603. The van der Waals surface area contributed by atoms with Crippen LogP contribution in [0.3, 0.4) is 0 Å². The summed E-state index contributed by atoms with van der Waals surface area (Å²) in [7, 11) is 0. The van der Waals surface area contributed by atoms with Gasteiger partial charge in [-0.2, -0.15) is 9.37 Å². The molecule has 0 bridgehead atoms. The maximum absolute atomic E-state index is 13.7. The predicted molar refractivity (Wildman–Crippen MR) is 73.8 cm³/mol. The van der Waals surface area contributed by atoms with E-state index in [1.807, 2.05) is 4.57 Å². The molecule has 1 saturated carbocycles. The molecular weight excluding hydrogens is 259 g/mol. The quantitative estimate of drug-likeness (QED) is 0.858. The molecule has 1 N–H and O–H groups in total. The first-order valence-electron chi connectivity index (χ1n) is 6.85. The number of rotatable bonds is 2. The van der Waals surface area contributed by atoms with E-state index < -0.39 is 5.95 Å². The van der Waals surface area contributed by atoms with E-state index in [4.69, 9.17) is 0 Å². The number of nitrogens with zero attached hydrogens (tertiary/aromatic N) is 3. The standard InChI is InChI=1S/C14H17FN4O/c1-8-3-4-10(5-8)19-7-16-13-11(19)6-12(15)18-14(13)17-9(2)20/h6-8,10H,3-5H2,1-2H3,(H,17,18,20)/t8?,10-/m0/s1. The van der Waals surface area contributed by atoms with Gasteiger partial charge in [-0.25, -0.2) is 4.98 Å². The first-order valence-corrected chi connectivity index (χ1v) is 6.85. The summed E-state index contributed by atoms with van der Waals surface area (Å²) in [5.74, 6) is -0.0151. The van der Waals surface area contributed by atoms with Crippen molar-refractivity contribution in [2.24, 2.45) is 5.92 Å². The summed E-state index contributed by atoms with van der Waals surface area (Å²) < 4.78 is 15.7. The minimum absolute atomic E-state index is 0.192. The molecule has 5 nitrogen and oxygen atoms in total. The van der Waals surface area contributed by atoms with Gasteiger partial charge in [0, 0.05) is 19.0 Å². The van der Waals surface area contributed by atoms with Gasteiger partial charge < -0.3 is 9.88 Å². The fourth-order valence-electron chi connectivity index (χ4n) is 2.98. The molecule has 1 aliphatic carbocycles. The molecule has 0 saturated heterocycles. The normalized spacial score (nSPS) is 22.4. The van der Waals surface area contributed by atoms with Crippen molar-refractivity contribution in [3.05, 3.63) is 18.3 Å². The summed E-state index contributed by atoms with van der Waals surface area (Å²) in [6.07, 6.45) is 5.05. The highest BCUT2D eigenvalue weighted by Crippen LogP contribution is 2.36. The van der Waals surface area contributed by atoms with Crippen LogP contribution in [-0.2, 0) is 4.79 Å². The molecule has 1 aliphatic rings. The SMILES string of the molecule is CC(=O)Nc1nc(F)cc2c1ncn2[C@H]1CCC(C)C1. The lowest BCUT2D eigenvalue weighted by atomic mass is 10.1. The molecule has 2 aromatic rings. The zero-order chi connectivity index (χ0) is 14.3. The number of pyridine rings is 1. The van der Waals surface area contributed by atoms with E-state index in [1.165, 1.54) is 19.4 Å². The number of anilines is 1. The number of nitrogens with one attached hydrogen (secondary N) is 1. The molecule has 0 aliphatic heterocycles. The van der Waals surface area contributed by atoms with Crippen LogP contribution in [0.4, 0.5) is 10.2 Å². The fourth-order valence-corrected chi connectivity index (χ4v) is 2.98. The summed E-state index contributed by atoms with van der Waals surface area (Å²) >= 11 is 0. The maximum Gasteiger partial charge on any atom is 0.222 e. The first kappa shape index (κ1) is 13.0. The third-order valence-electron chi connectivity index (χ3n) is 3.89. The number of carbonyl (C=O) groups is 1. The lowest BCUT2D eigenvalue weighted by Crippen LogP contribution is -2.09. The first-order chi connectivity index (χ1) is 9.54. The average molecular weight is 276 g/mol. The lowest BCUT2D eigenvalue weighted by Gasteiger charge is -2.13. The fraction of sp³-hybridized carbons (Fsp3) is 0.500. The molecule has 2 heterocycles. The Morgan fingerprint density at radius 2 is 2.30 bits per heavy atom. The third kappa shape index (κ3) is 2.26. The third-order valence-corrected chi connectivity index (χ3v) is 3.89. The number of amides is 1. The molecular formula is C14H17FN4O. The van der Waals surface area contributed by atoms with Crippen molar-refractivity contribution in [2.45, 2.75) is 39.2 Å². The maximum atomic E-state index is 13.7. The largest absolute Gasteiger partial charge is 0.327 e. The average Bonchev–Trinajstić information content (AvgIpc) is 2.94. The highest BCUT2D eigenvalue weighted by molar-refractivity contribution is 5.96. The second kappa shape index (κ2) is 4.85. The molecule has 0 radical (unpaired) electrons. The van der Waals surface area contributed by atoms with Gasteiger partial charge in [-0.05, 0) is 25.2 Å². The topological polar surface area (TPSA) is 59.8 Å². The monoisotopic (exact) mass is 276 g/mol. The summed E-state index contributed by atoms with van der Waals surface area (Å²) in [5.41, 5.74) is 1.24.